The van der Waals surface area contributed by atoms with Crippen LogP contribution >= 0.6 is 15.9 Å². The van der Waals surface area contributed by atoms with Gasteiger partial charge in [0.15, 0.2) is 22.6 Å². The summed E-state index contributed by atoms with van der Waals surface area (Å²) in [6.45, 7) is 15.0. The number of nitrogens with zero attached hydrogens (tertiary/aromatic N) is 6. The maximum absolute atomic E-state index is 13.7. The standard InChI is InChI=1S/C25H36N2O2.C24H35N3O2.C19H23BrN2O2.C4H8O/c1-17(2)7-6-8-19-9-10-20-16-24(13-11-21(29-5)12-14-24)25(22(20)15-19)23(28)27(4)18(3)26-25;1-16(2)6-5-7-17-8-9-18-15-23(12-10-19(29-4)11-13-23)24(20(18)14-17)21(28)27(3)22(25)26-24;1-12-21-19(17(23)22(12)2)16-10-14(20)5-4-13(16)11-18(19)8-6-15(24-3)7-9-18;1-2-4-5-3-1/h9-10,15,17,21H,6-8,11-14,16H2,1-5H3;8-9,14,16,19H,5-7,10-13,15H2,1-4H3,(H2,25,26);4-5,10,15H,6-9,11H2,1-3H3;1-4H2. The molecule has 15 heteroatoms. The number of hydrogen-bond donors (Lipinski definition) is 1. The molecule has 4 fully saturated rings. The molecule has 13 rings (SSSR count). The topological polar surface area (TPSA) is 161 Å². The molecule has 0 radical (unpaired) electrons. The molecule has 3 aromatic rings. The second-order valence-corrected chi connectivity index (χ2v) is 29.3. The Morgan fingerprint density at radius 1 is 0.540 bits per heavy atom. The largest absolute Gasteiger partial charge is 0.381 e. The SMILES string of the molecule is C1CCOC1.COC1CCC2(CC1)Cc1ccc(Br)cc1C21N=C(C)N(C)C1=O.COC1CCC2(CC1)Cc1ccc(CCCC(C)C)cc1C21N=C(C)N(C)C1=O.COC1CCC2(CC1)Cc1ccc(CCCC(C)C)cc1C21N=C(N)N(C)C1=O. The van der Waals surface area contributed by atoms with Gasteiger partial charge in [-0.05, 0) is 217 Å². The Bertz CT molecular complexity index is 2960. The number of halogens is 1. The van der Waals surface area contributed by atoms with Gasteiger partial charge in [-0.2, -0.15) is 0 Å². The molecule has 3 saturated carbocycles. The minimum Gasteiger partial charge on any atom is -0.381 e. The summed E-state index contributed by atoms with van der Waals surface area (Å²) in [6.07, 6.45) is 25.0. The first kappa shape index (κ1) is 65.2. The van der Waals surface area contributed by atoms with Gasteiger partial charge in [-0.25, -0.2) is 4.99 Å². The van der Waals surface area contributed by atoms with Crippen LogP contribution in [0.5, 0.6) is 0 Å². The van der Waals surface area contributed by atoms with E-state index in [1.165, 1.54) is 71.9 Å². The van der Waals surface area contributed by atoms with Crippen molar-refractivity contribution >= 4 is 51.3 Å². The van der Waals surface area contributed by atoms with E-state index in [2.05, 4.69) is 98.2 Å². The van der Waals surface area contributed by atoms with Crippen molar-refractivity contribution in [3.63, 3.8) is 0 Å². The molecule has 3 atom stereocenters. The maximum atomic E-state index is 13.7. The van der Waals surface area contributed by atoms with Gasteiger partial charge in [0.2, 0.25) is 0 Å². The molecular formula is C72H102BrN7O7. The number of likely N-dealkylation sites (N-methyl/N-ethyl adjacent to an activating group) is 3. The van der Waals surface area contributed by atoms with E-state index >= 15 is 0 Å². The highest BCUT2D eigenvalue weighted by atomic mass is 79.9. The van der Waals surface area contributed by atoms with Gasteiger partial charge >= 0.3 is 0 Å². The summed E-state index contributed by atoms with van der Waals surface area (Å²) in [5.41, 5.74) is 13.4. The molecule has 6 spiro atoms. The van der Waals surface area contributed by atoms with Gasteiger partial charge < -0.3 is 34.5 Å². The molecular weight excluding hydrogens is 1150 g/mol. The summed E-state index contributed by atoms with van der Waals surface area (Å²) in [5, 5.41) is 0. The number of fused-ring (bicyclic) bond motifs is 9. The summed E-state index contributed by atoms with van der Waals surface area (Å²) in [5.74, 6) is 3.81. The smallest absolute Gasteiger partial charge is 0.262 e. The third-order valence-electron chi connectivity index (χ3n) is 22.6. The van der Waals surface area contributed by atoms with Crippen LogP contribution in [0.3, 0.4) is 0 Å². The molecule has 3 unspecified atom stereocenters. The Kier molecular flexibility index (Phi) is 19.6. The minimum atomic E-state index is -0.853. The Morgan fingerprint density at radius 3 is 1.18 bits per heavy atom. The number of guanidine groups is 1. The van der Waals surface area contributed by atoms with Gasteiger partial charge in [-0.1, -0.05) is 98.9 Å². The average Bonchev–Trinajstić information content (AvgIpc) is 1.56. The number of aryl methyl sites for hydroxylation is 2. The number of amidine groups is 2. The van der Waals surface area contributed by atoms with Crippen LogP contribution in [0.25, 0.3) is 0 Å². The second-order valence-electron chi connectivity index (χ2n) is 28.4. The van der Waals surface area contributed by atoms with Crippen molar-refractivity contribution in [1.82, 2.24) is 14.7 Å². The number of rotatable bonds is 11. The Labute approximate surface area is 528 Å². The number of aliphatic imine (C=N–C) groups is 3. The molecule has 6 aliphatic carbocycles. The van der Waals surface area contributed by atoms with Gasteiger partial charge in [0.1, 0.15) is 11.7 Å². The van der Waals surface area contributed by atoms with Gasteiger partial charge in [0.25, 0.3) is 17.7 Å². The van der Waals surface area contributed by atoms with E-state index < -0.39 is 16.6 Å². The number of carbonyl (C=O) groups excluding carboxylic acids is 3. The van der Waals surface area contributed by atoms with Crippen molar-refractivity contribution in [1.29, 1.82) is 0 Å². The lowest BCUT2D eigenvalue weighted by Crippen LogP contribution is -2.51. The van der Waals surface area contributed by atoms with Crippen LogP contribution in [-0.2, 0) is 82.1 Å². The van der Waals surface area contributed by atoms with Crippen LogP contribution in [0.2, 0.25) is 0 Å². The number of hydrogen-bond acceptors (Lipinski definition) is 11. The van der Waals surface area contributed by atoms with Crippen molar-refractivity contribution in [3.8, 4) is 0 Å². The minimum absolute atomic E-state index is 0.0453. The third kappa shape index (κ3) is 11.5. The lowest BCUT2D eigenvalue weighted by molar-refractivity contribution is -0.138. The first-order valence-electron chi connectivity index (χ1n) is 33.1. The average molecular weight is 1260 g/mol. The predicted octanol–water partition coefficient (Wildman–Crippen LogP) is 13.1. The predicted molar refractivity (Wildman–Crippen MR) is 350 cm³/mol. The highest BCUT2D eigenvalue weighted by molar-refractivity contribution is 9.10. The molecule has 10 aliphatic rings. The Morgan fingerprint density at radius 2 is 0.885 bits per heavy atom. The highest BCUT2D eigenvalue weighted by Gasteiger charge is 2.69. The zero-order valence-electron chi connectivity index (χ0n) is 54.8. The Hall–Kier alpha value is -4.80. The fourth-order valence-corrected chi connectivity index (χ4v) is 17.7. The zero-order chi connectivity index (χ0) is 62.3. The normalized spacial score (nSPS) is 31.9. The van der Waals surface area contributed by atoms with E-state index in [1.54, 1.807) is 36.0 Å². The number of benzene rings is 3. The fourth-order valence-electron chi connectivity index (χ4n) is 17.3. The Balaban J connectivity index is 0.000000139. The van der Waals surface area contributed by atoms with Crippen LogP contribution in [0, 0.1) is 28.1 Å². The zero-order valence-corrected chi connectivity index (χ0v) is 56.3. The molecule has 1 saturated heterocycles. The molecule has 474 valence electrons. The van der Waals surface area contributed by atoms with Gasteiger partial charge in [0, 0.05) is 76.4 Å². The van der Waals surface area contributed by atoms with Crippen molar-refractivity contribution in [3.05, 3.63) is 104 Å². The summed E-state index contributed by atoms with van der Waals surface area (Å²) in [4.78, 5) is 61.0. The summed E-state index contributed by atoms with van der Waals surface area (Å²) >= 11 is 3.59. The quantitative estimate of drug-likeness (QED) is 0.198. The fraction of sp³-hybridized carbons (Fsp3) is 0.667. The van der Waals surface area contributed by atoms with E-state index in [0.29, 0.717) is 24.1 Å². The van der Waals surface area contributed by atoms with Gasteiger partial charge in [0.05, 0.1) is 18.3 Å². The molecule has 2 N–H and O–H groups in total. The molecule has 3 amide bonds. The van der Waals surface area contributed by atoms with E-state index in [0.717, 1.165) is 156 Å². The van der Waals surface area contributed by atoms with Crippen LogP contribution in [0.4, 0.5) is 0 Å². The lowest BCUT2D eigenvalue weighted by atomic mass is 9.61. The second kappa shape index (κ2) is 26.2. The summed E-state index contributed by atoms with van der Waals surface area (Å²) in [6, 6.07) is 20.0. The van der Waals surface area contributed by atoms with Crippen LogP contribution in [0.15, 0.2) is 74.0 Å². The number of methoxy groups -OCH3 is 3. The van der Waals surface area contributed by atoms with Gasteiger partial charge in [-0.15, -0.1) is 0 Å². The first-order chi connectivity index (χ1) is 41.6. The first-order valence-corrected chi connectivity index (χ1v) is 33.9. The number of carbonyl (C=O) groups is 3. The molecule has 4 heterocycles. The number of amides is 3. The molecule has 87 heavy (non-hydrogen) atoms. The molecule has 0 aromatic heterocycles. The van der Waals surface area contributed by atoms with E-state index in [9.17, 15) is 14.4 Å². The number of nitrogens with two attached hydrogens (primary N) is 1. The van der Waals surface area contributed by atoms with Crippen LogP contribution < -0.4 is 5.73 Å². The van der Waals surface area contributed by atoms with E-state index in [-0.39, 0.29) is 40.1 Å². The molecule has 0 bridgehead atoms. The van der Waals surface area contributed by atoms with Crippen LogP contribution in [-0.4, -0.2) is 124 Å². The van der Waals surface area contributed by atoms with Crippen molar-refractivity contribution in [2.45, 2.75) is 224 Å². The van der Waals surface area contributed by atoms with Crippen molar-refractivity contribution in [2.24, 2.45) is 48.8 Å². The van der Waals surface area contributed by atoms with E-state index in [4.69, 9.17) is 39.7 Å². The molecule has 14 nitrogen and oxygen atoms in total. The number of ether oxygens (including phenoxy) is 4. The summed E-state index contributed by atoms with van der Waals surface area (Å²) < 4.78 is 22.8. The highest BCUT2D eigenvalue weighted by Crippen LogP contribution is 2.65. The van der Waals surface area contributed by atoms with Crippen molar-refractivity contribution < 1.29 is 33.3 Å². The molecule has 4 aliphatic heterocycles. The van der Waals surface area contributed by atoms with Gasteiger partial charge in [-0.3, -0.25) is 29.3 Å². The molecule has 3 aromatic carbocycles. The van der Waals surface area contributed by atoms with E-state index in [1.807, 2.05) is 35.1 Å². The van der Waals surface area contributed by atoms with Crippen LogP contribution in [0.1, 0.15) is 202 Å². The third-order valence-corrected chi connectivity index (χ3v) is 23.1. The van der Waals surface area contributed by atoms with Crippen molar-refractivity contribution in [2.75, 3.05) is 55.7 Å². The lowest BCUT2D eigenvalue weighted by Gasteiger charge is -2.45. The monoisotopic (exact) mass is 1260 g/mol. The maximum Gasteiger partial charge on any atom is 0.262 e. The summed E-state index contributed by atoms with van der Waals surface area (Å²) in [7, 11) is 10.9.